The summed E-state index contributed by atoms with van der Waals surface area (Å²) in [5.74, 6) is -4.94. The number of carbonyl (C=O) groups excluding carboxylic acids is 2. The molecule has 0 aliphatic rings. The zero-order chi connectivity index (χ0) is 21.6. The van der Waals surface area contributed by atoms with E-state index >= 15 is 0 Å². The lowest BCUT2D eigenvalue weighted by Crippen LogP contribution is -2.34. The molecule has 0 atom stereocenters. The molecule has 0 aliphatic carbocycles. The average molecular weight is 413 g/mol. The Balaban J connectivity index is 1.96. The predicted octanol–water partition coefficient (Wildman–Crippen LogP) is 3.13. The molecule has 0 saturated heterocycles. The molecule has 0 saturated carbocycles. The minimum Gasteiger partial charge on any atom is -0.471 e. The van der Waals surface area contributed by atoms with Gasteiger partial charge in [-0.2, -0.15) is 8.78 Å². The molecule has 10 heteroatoms. The summed E-state index contributed by atoms with van der Waals surface area (Å²) >= 11 is 0. The first-order chi connectivity index (χ1) is 13.6. The van der Waals surface area contributed by atoms with Crippen molar-refractivity contribution in [2.75, 3.05) is 6.61 Å². The van der Waals surface area contributed by atoms with Crippen molar-refractivity contribution in [2.45, 2.75) is 39.2 Å². The predicted molar refractivity (Wildman–Crippen MR) is 95.2 cm³/mol. The number of rotatable bonds is 9. The first-order valence-electron chi connectivity index (χ1n) is 8.55. The van der Waals surface area contributed by atoms with Crippen LogP contribution in [0.5, 0.6) is 5.88 Å². The number of aryl methyl sites for hydroxylation is 1. The van der Waals surface area contributed by atoms with Gasteiger partial charge in [0.25, 0.3) is 5.91 Å². The van der Waals surface area contributed by atoms with Crippen molar-refractivity contribution in [1.82, 2.24) is 15.3 Å². The summed E-state index contributed by atoms with van der Waals surface area (Å²) in [4.78, 5) is 31.3. The Kier molecular flexibility index (Phi) is 7.24. The fourth-order valence-corrected chi connectivity index (χ4v) is 2.35. The lowest BCUT2D eigenvalue weighted by molar-refractivity contribution is -0.148. The van der Waals surface area contributed by atoms with E-state index in [1.54, 1.807) is 0 Å². The lowest BCUT2D eigenvalue weighted by atomic mass is 10.1. The maximum Gasteiger partial charge on any atom is 0.340 e. The van der Waals surface area contributed by atoms with Gasteiger partial charge in [0, 0.05) is 42.2 Å². The number of alkyl halides is 4. The number of Topliss-reactive ketones (excluding diaryl/α,β-unsaturated/α-hetero) is 1. The van der Waals surface area contributed by atoms with Gasteiger partial charge in [0.1, 0.15) is 5.78 Å². The summed E-state index contributed by atoms with van der Waals surface area (Å²) in [6.07, 6.45) is -0.991. The van der Waals surface area contributed by atoms with Crippen molar-refractivity contribution < 1.29 is 31.9 Å². The molecule has 156 valence electrons. The Labute approximate surface area is 164 Å². The van der Waals surface area contributed by atoms with Gasteiger partial charge in [-0.1, -0.05) is 0 Å². The van der Waals surface area contributed by atoms with Gasteiger partial charge in [-0.05, 0) is 37.6 Å². The van der Waals surface area contributed by atoms with Crippen molar-refractivity contribution >= 4 is 11.7 Å². The molecule has 0 spiro atoms. The molecule has 29 heavy (non-hydrogen) atoms. The summed E-state index contributed by atoms with van der Waals surface area (Å²) in [5, 5.41) is 2.66. The smallest absolute Gasteiger partial charge is 0.340 e. The number of carbonyl (C=O) groups is 2. The van der Waals surface area contributed by atoms with Crippen molar-refractivity contribution in [1.29, 1.82) is 0 Å². The van der Waals surface area contributed by atoms with Gasteiger partial charge < -0.3 is 10.1 Å². The maximum atomic E-state index is 12.9. The van der Waals surface area contributed by atoms with Gasteiger partial charge in [0.05, 0.1) is 0 Å². The van der Waals surface area contributed by atoms with Gasteiger partial charge >= 0.3 is 12.3 Å². The maximum absolute atomic E-state index is 12.9. The van der Waals surface area contributed by atoms with E-state index in [2.05, 4.69) is 15.3 Å². The van der Waals surface area contributed by atoms with Crippen molar-refractivity contribution in [3.05, 3.63) is 53.0 Å². The molecule has 1 amide bonds. The van der Waals surface area contributed by atoms with Crippen LogP contribution in [0.15, 0.2) is 30.6 Å². The minimum atomic E-state index is -4.27. The molecule has 1 N–H and O–H groups in total. The molecular formula is C19H19F4N3O3. The molecule has 2 heterocycles. The molecule has 2 aromatic heterocycles. The first-order valence-corrected chi connectivity index (χ1v) is 8.55. The number of pyridine rings is 2. The molecule has 2 rings (SSSR count). The minimum absolute atomic E-state index is 0.0785. The van der Waals surface area contributed by atoms with E-state index in [1.807, 2.05) is 0 Å². The van der Waals surface area contributed by atoms with E-state index in [1.165, 1.54) is 44.4 Å². The van der Waals surface area contributed by atoms with Gasteiger partial charge in [0.15, 0.2) is 6.61 Å². The molecule has 0 unspecified atom stereocenters. The highest BCUT2D eigenvalue weighted by atomic mass is 19.3. The van der Waals surface area contributed by atoms with E-state index < -0.39 is 24.9 Å². The van der Waals surface area contributed by atoms with Crippen molar-refractivity contribution in [3.63, 3.8) is 0 Å². The summed E-state index contributed by atoms with van der Waals surface area (Å²) in [6.45, 7) is 1.54. The normalized spacial score (nSPS) is 11.4. The fourth-order valence-electron chi connectivity index (χ4n) is 2.35. The molecular weight excluding hydrogens is 394 g/mol. The quantitative estimate of drug-likeness (QED) is 0.639. The number of ketones is 1. The second kappa shape index (κ2) is 9.44. The average Bonchev–Trinajstić information content (AvgIpc) is 2.65. The number of ether oxygens (including phenoxy) is 1. The van der Waals surface area contributed by atoms with Crippen LogP contribution in [0.25, 0.3) is 0 Å². The Morgan fingerprint density at radius 2 is 1.97 bits per heavy atom. The molecule has 2 aromatic rings. The van der Waals surface area contributed by atoms with Crippen LogP contribution in [0.4, 0.5) is 17.6 Å². The summed E-state index contributed by atoms with van der Waals surface area (Å²) in [6, 6.07) is 4.56. The Morgan fingerprint density at radius 1 is 1.24 bits per heavy atom. The highest BCUT2D eigenvalue weighted by Crippen LogP contribution is 2.25. The van der Waals surface area contributed by atoms with Gasteiger partial charge in [-0.15, -0.1) is 0 Å². The van der Waals surface area contributed by atoms with Crippen LogP contribution in [0.3, 0.4) is 0 Å². The number of hydrogen-bond donors (Lipinski definition) is 1. The molecule has 6 nitrogen and oxygen atoms in total. The zero-order valence-corrected chi connectivity index (χ0v) is 15.7. The standard InChI is InChI=1S/C19H19F4N3O3/c1-11-5-13(9-26-17(11)29-10-19(22,23)18(20)21)8-25-16(28)14-3-4-24-15(7-14)6-12(2)27/h3-5,7,9,18H,6,8,10H2,1-2H3,(H,25,28). The second-order valence-corrected chi connectivity index (χ2v) is 6.41. The number of nitrogens with one attached hydrogen (secondary N) is 1. The third-order valence-corrected chi connectivity index (χ3v) is 3.77. The van der Waals surface area contributed by atoms with Crippen molar-refractivity contribution in [2.24, 2.45) is 0 Å². The van der Waals surface area contributed by atoms with E-state index in [0.29, 0.717) is 22.4 Å². The van der Waals surface area contributed by atoms with E-state index in [0.717, 1.165) is 0 Å². The lowest BCUT2D eigenvalue weighted by Gasteiger charge is -2.16. The number of halogens is 4. The molecule has 0 aliphatic heterocycles. The van der Waals surface area contributed by atoms with Crippen LogP contribution in [0.1, 0.15) is 34.1 Å². The van der Waals surface area contributed by atoms with Gasteiger partial charge in [-0.25, -0.2) is 13.8 Å². The number of hydrogen-bond acceptors (Lipinski definition) is 5. The van der Waals surface area contributed by atoms with Gasteiger partial charge in [0.2, 0.25) is 5.88 Å². The highest BCUT2D eigenvalue weighted by molar-refractivity contribution is 5.94. The largest absolute Gasteiger partial charge is 0.471 e. The summed E-state index contributed by atoms with van der Waals surface area (Å²) in [7, 11) is 0. The van der Waals surface area contributed by atoms with E-state index in [-0.39, 0.29) is 24.6 Å². The summed E-state index contributed by atoms with van der Waals surface area (Å²) in [5.41, 5.74) is 1.72. The van der Waals surface area contributed by atoms with Crippen LogP contribution >= 0.6 is 0 Å². The SMILES string of the molecule is CC(=O)Cc1cc(C(=O)NCc2cnc(OCC(F)(F)C(F)F)c(C)c2)ccn1. The van der Waals surface area contributed by atoms with E-state index in [9.17, 15) is 27.2 Å². The van der Waals surface area contributed by atoms with Crippen LogP contribution in [0, 0.1) is 6.92 Å². The van der Waals surface area contributed by atoms with E-state index in [4.69, 9.17) is 4.74 Å². The van der Waals surface area contributed by atoms with Crippen molar-refractivity contribution in [3.8, 4) is 5.88 Å². The highest BCUT2D eigenvalue weighted by Gasteiger charge is 2.41. The van der Waals surface area contributed by atoms with Crippen LogP contribution in [-0.2, 0) is 17.8 Å². The number of aromatic nitrogens is 2. The fraction of sp³-hybridized carbons (Fsp3) is 0.368. The molecule has 0 aromatic carbocycles. The third kappa shape index (κ3) is 6.51. The Bertz CT molecular complexity index is 891. The number of nitrogens with zero attached hydrogens (tertiary/aromatic N) is 2. The van der Waals surface area contributed by atoms with Crippen LogP contribution in [0.2, 0.25) is 0 Å². The summed E-state index contributed by atoms with van der Waals surface area (Å²) < 4.78 is 54.9. The second-order valence-electron chi connectivity index (χ2n) is 6.41. The first kappa shape index (κ1) is 22.3. The zero-order valence-electron chi connectivity index (χ0n) is 15.7. The Morgan fingerprint density at radius 3 is 2.59 bits per heavy atom. The number of amides is 1. The molecule has 0 fully saturated rings. The Hall–Kier alpha value is -3.04. The van der Waals surface area contributed by atoms with Gasteiger partial charge in [-0.3, -0.25) is 14.6 Å². The van der Waals surface area contributed by atoms with Crippen LogP contribution < -0.4 is 10.1 Å². The molecule has 0 radical (unpaired) electrons. The molecule has 0 bridgehead atoms. The third-order valence-electron chi connectivity index (χ3n) is 3.77. The monoisotopic (exact) mass is 413 g/mol. The topological polar surface area (TPSA) is 81.2 Å². The van der Waals surface area contributed by atoms with Crippen LogP contribution in [-0.4, -0.2) is 40.6 Å².